The Balaban J connectivity index is 2.10. The topological polar surface area (TPSA) is 0 Å². The molecule has 0 aliphatic carbocycles. The van der Waals surface area contributed by atoms with Crippen LogP contribution in [0.5, 0.6) is 0 Å². The van der Waals surface area contributed by atoms with Crippen molar-refractivity contribution in [1.82, 2.24) is 0 Å². The smallest absolute Gasteiger partial charge is 0.124 e. The van der Waals surface area contributed by atoms with Crippen LogP contribution >= 0.6 is 24.4 Å². The highest BCUT2D eigenvalue weighted by molar-refractivity contribution is 7.99. The van der Waals surface area contributed by atoms with E-state index in [1.54, 1.807) is 23.9 Å². The fraction of sp³-hybridized carbons (Fsp3) is 0.500. The molecule has 0 aliphatic rings. The Labute approximate surface area is 101 Å². The third kappa shape index (κ3) is 6.10. The fourth-order valence-electron chi connectivity index (χ4n) is 1.31. The summed E-state index contributed by atoms with van der Waals surface area (Å²) in [5, 5.41) is 0. The zero-order valence-electron chi connectivity index (χ0n) is 8.79. The standard InChI is InChI=1S/C12H17FS2/c13-11-6-5-7-12(10-11)15-9-4-2-1-3-8-14/h5-7,10,14H,1-4,8-9H2. The maximum absolute atomic E-state index is 12.8. The van der Waals surface area contributed by atoms with Crippen molar-refractivity contribution >= 4 is 24.4 Å². The summed E-state index contributed by atoms with van der Waals surface area (Å²) in [6, 6.07) is 6.80. The van der Waals surface area contributed by atoms with Crippen molar-refractivity contribution in [2.75, 3.05) is 11.5 Å². The van der Waals surface area contributed by atoms with Gasteiger partial charge in [-0.2, -0.15) is 12.6 Å². The van der Waals surface area contributed by atoms with Crippen LogP contribution in [-0.2, 0) is 0 Å². The zero-order valence-corrected chi connectivity index (χ0v) is 10.5. The van der Waals surface area contributed by atoms with Crippen molar-refractivity contribution in [3.8, 4) is 0 Å². The first-order valence-corrected chi connectivity index (χ1v) is 6.94. The van der Waals surface area contributed by atoms with Gasteiger partial charge in [0, 0.05) is 4.90 Å². The Bertz CT molecular complexity index is 276. The van der Waals surface area contributed by atoms with Gasteiger partial charge in [-0.1, -0.05) is 18.9 Å². The monoisotopic (exact) mass is 244 g/mol. The number of benzene rings is 1. The highest BCUT2D eigenvalue weighted by Crippen LogP contribution is 2.20. The van der Waals surface area contributed by atoms with E-state index in [0.29, 0.717) is 0 Å². The van der Waals surface area contributed by atoms with Crippen molar-refractivity contribution < 1.29 is 4.39 Å². The van der Waals surface area contributed by atoms with Gasteiger partial charge >= 0.3 is 0 Å². The molecule has 0 radical (unpaired) electrons. The Morgan fingerprint density at radius 3 is 2.67 bits per heavy atom. The Morgan fingerprint density at radius 1 is 1.13 bits per heavy atom. The molecule has 84 valence electrons. The van der Waals surface area contributed by atoms with Gasteiger partial charge in [0.1, 0.15) is 5.82 Å². The van der Waals surface area contributed by atoms with E-state index in [-0.39, 0.29) is 5.82 Å². The number of thiol groups is 1. The molecular weight excluding hydrogens is 227 g/mol. The van der Waals surface area contributed by atoms with Crippen LogP contribution in [0.3, 0.4) is 0 Å². The van der Waals surface area contributed by atoms with Gasteiger partial charge in [0.25, 0.3) is 0 Å². The summed E-state index contributed by atoms with van der Waals surface area (Å²) in [6.07, 6.45) is 4.92. The van der Waals surface area contributed by atoms with Crippen molar-refractivity contribution in [3.63, 3.8) is 0 Å². The van der Waals surface area contributed by atoms with Gasteiger partial charge in [-0.25, -0.2) is 4.39 Å². The average molecular weight is 244 g/mol. The van der Waals surface area contributed by atoms with Crippen LogP contribution in [-0.4, -0.2) is 11.5 Å². The molecule has 0 aliphatic heterocycles. The maximum Gasteiger partial charge on any atom is 0.124 e. The van der Waals surface area contributed by atoms with E-state index < -0.39 is 0 Å². The molecule has 0 saturated heterocycles. The maximum atomic E-state index is 12.8. The number of hydrogen-bond acceptors (Lipinski definition) is 2. The van der Waals surface area contributed by atoms with Gasteiger partial charge in [0.2, 0.25) is 0 Å². The molecule has 0 unspecified atom stereocenters. The van der Waals surface area contributed by atoms with Gasteiger partial charge in [-0.15, -0.1) is 11.8 Å². The number of halogens is 1. The molecule has 0 aromatic heterocycles. The number of hydrogen-bond donors (Lipinski definition) is 1. The minimum absolute atomic E-state index is 0.143. The van der Waals surface area contributed by atoms with Crippen molar-refractivity contribution in [2.24, 2.45) is 0 Å². The molecule has 0 heterocycles. The summed E-state index contributed by atoms with van der Waals surface area (Å²) in [5.41, 5.74) is 0. The van der Waals surface area contributed by atoms with E-state index in [1.165, 1.54) is 31.7 Å². The summed E-state index contributed by atoms with van der Waals surface area (Å²) in [6.45, 7) is 0. The van der Waals surface area contributed by atoms with Gasteiger partial charge in [-0.3, -0.25) is 0 Å². The minimum Gasteiger partial charge on any atom is -0.207 e. The number of thioether (sulfide) groups is 1. The molecule has 0 spiro atoms. The summed E-state index contributed by atoms with van der Waals surface area (Å²) in [5.74, 6) is 1.92. The molecule has 0 amide bonds. The lowest BCUT2D eigenvalue weighted by Gasteiger charge is -2.01. The third-order valence-electron chi connectivity index (χ3n) is 2.12. The summed E-state index contributed by atoms with van der Waals surface area (Å²) in [7, 11) is 0. The molecular formula is C12H17FS2. The lowest BCUT2D eigenvalue weighted by Crippen LogP contribution is -1.83. The molecule has 0 saturated carbocycles. The second kappa shape index (κ2) is 8.05. The van der Waals surface area contributed by atoms with Gasteiger partial charge < -0.3 is 0 Å². The number of unbranched alkanes of at least 4 members (excludes halogenated alkanes) is 3. The van der Waals surface area contributed by atoms with Gasteiger partial charge in [0.05, 0.1) is 0 Å². The molecule has 15 heavy (non-hydrogen) atoms. The van der Waals surface area contributed by atoms with E-state index >= 15 is 0 Å². The first kappa shape index (κ1) is 12.9. The van der Waals surface area contributed by atoms with Crippen molar-refractivity contribution in [1.29, 1.82) is 0 Å². The lowest BCUT2D eigenvalue weighted by atomic mass is 10.2. The molecule has 0 nitrogen and oxygen atoms in total. The van der Waals surface area contributed by atoms with Crippen LogP contribution in [0.25, 0.3) is 0 Å². The van der Waals surface area contributed by atoms with Gasteiger partial charge in [-0.05, 0) is 42.5 Å². The predicted molar refractivity (Wildman–Crippen MR) is 69.4 cm³/mol. The predicted octanol–water partition coefficient (Wildman–Crippen LogP) is 4.41. The summed E-state index contributed by atoms with van der Waals surface area (Å²) < 4.78 is 12.8. The Morgan fingerprint density at radius 2 is 1.93 bits per heavy atom. The number of rotatable bonds is 7. The van der Waals surface area contributed by atoms with Crippen LogP contribution in [0.15, 0.2) is 29.2 Å². The van der Waals surface area contributed by atoms with E-state index in [4.69, 9.17) is 0 Å². The first-order chi connectivity index (χ1) is 7.33. The Kier molecular flexibility index (Phi) is 6.94. The average Bonchev–Trinajstić information content (AvgIpc) is 2.23. The Hall–Kier alpha value is -0.150. The minimum atomic E-state index is -0.143. The van der Waals surface area contributed by atoms with E-state index in [0.717, 1.165) is 16.4 Å². The quantitative estimate of drug-likeness (QED) is 0.421. The highest BCUT2D eigenvalue weighted by atomic mass is 32.2. The van der Waals surface area contributed by atoms with E-state index in [1.807, 2.05) is 6.07 Å². The normalized spacial score (nSPS) is 10.5. The lowest BCUT2D eigenvalue weighted by molar-refractivity contribution is 0.624. The van der Waals surface area contributed by atoms with E-state index in [9.17, 15) is 4.39 Å². The SMILES string of the molecule is Fc1cccc(SCCCCCCS)c1. The first-order valence-electron chi connectivity index (χ1n) is 5.32. The van der Waals surface area contributed by atoms with Crippen molar-refractivity contribution in [2.45, 2.75) is 30.6 Å². The van der Waals surface area contributed by atoms with Gasteiger partial charge in [0.15, 0.2) is 0 Å². The molecule has 0 bridgehead atoms. The summed E-state index contributed by atoms with van der Waals surface area (Å²) >= 11 is 5.90. The van der Waals surface area contributed by atoms with Crippen LogP contribution in [0.2, 0.25) is 0 Å². The van der Waals surface area contributed by atoms with Crippen LogP contribution < -0.4 is 0 Å². The van der Waals surface area contributed by atoms with E-state index in [2.05, 4.69) is 12.6 Å². The van der Waals surface area contributed by atoms with Crippen molar-refractivity contribution in [3.05, 3.63) is 30.1 Å². The molecule has 3 heteroatoms. The van der Waals surface area contributed by atoms with Crippen LogP contribution in [0.4, 0.5) is 4.39 Å². The molecule has 0 fully saturated rings. The molecule has 1 aromatic carbocycles. The highest BCUT2D eigenvalue weighted by Gasteiger charge is 1.96. The second-order valence-corrected chi connectivity index (χ2v) is 5.06. The molecule has 1 aromatic rings. The van der Waals surface area contributed by atoms with Crippen LogP contribution in [0, 0.1) is 5.82 Å². The molecule has 0 atom stereocenters. The second-order valence-electron chi connectivity index (χ2n) is 3.44. The van der Waals surface area contributed by atoms with Crippen LogP contribution in [0.1, 0.15) is 25.7 Å². The molecule has 0 N–H and O–H groups in total. The fourth-order valence-corrected chi connectivity index (χ4v) is 2.49. The summed E-state index contributed by atoms with van der Waals surface area (Å²) in [4.78, 5) is 1.03. The molecule has 1 rings (SSSR count). The zero-order chi connectivity index (χ0) is 10.9. The third-order valence-corrected chi connectivity index (χ3v) is 3.51. The largest absolute Gasteiger partial charge is 0.207 e.